The highest BCUT2D eigenvalue weighted by Gasteiger charge is 2.57. The second-order valence-corrected chi connectivity index (χ2v) is 4.18. The highest BCUT2D eigenvalue weighted by atomic mass is 35.5. The molecule has 1 aromatic rings. The van der Waals surface area contributed by atoms with Crippen molar-refractivity contribution in [2.45, 2.75) is 12.3 Å². The van der Waals surface area contributed by atoms with Crippen LogP contribution in [-0.4, -0.2) is 17.5 Å². The smallest absolute Gasteiger partial charge is 0.255 e. The maximum absolute atomic E-state index is 12.5. The van der Waals surface area contributed by atoms with Gasteiger partial charge in [-0.25, -0.2) is 13.8 Å². The van der Waals surface area contributed by atoms with E-state index in [0.29, 0.717) is 5.75 Å². The number of hydrogen-bond acceptors (Lipinski definition) is 2. The van der Waals surface area contributed by atoms with E-state index in [9.17, 15) is 8.78 Å². The molecule has 2 rings (SSSR count). The summed E-state index contributed by atoms with van der Waals surface area (Å²) < 4.78 is 30.1. The lowest BCUT2D eigenvalue weighted by Gasteiger charge is -2.05. The Bertz CT molecular complexity index is 386. The number of nitrogens with zero attached hydrogens (tertiary/aromatic N) is 1. The van der Waals surface area contributed by atoms with Crippen molar-refractivity contribution >= 4 is 23.2 Å². The van der Waals surface area contributed by atoms with Gasteiger partial charge in [-0.05, 0) is 0 Å². The van der Waals surface area contributed by atoms with E-state index in [4.69, 9.17) is 27.9 Å². The van der Waals surface area contributed by atoms with Gasteiger partial charge in [-0.3, -0.25) is 0 Å². The van der Waals surface area contributed by atoms with E-state index in [0.717, 1.165) is 0 Å². The third-order valence-corrected chi connectivity index (χ3v) is 2.86. The molecule has 0 aliphatic heterocycles. The van der Waals surface area contributed by atoms with Crippen LogP contribution in [-0.2, 0) is 0 Å². The van der Waals surface area contributed by atoms with Gasteiger partial charge < -0.3 is 4.74 Å². The van der Waals surface area contributed by atoms with Crippen molar-refractivity contribution in [1.82, 2.24) is 4.98 Å². The fourth-order valence-corrected chi connectivity index (χ4v) is 1.39. The van der Waals surface area contributed by atoms with Crippen molar-refractivity contribution in [1.29, 1.82) is 0 Å². The van der Waals surface area contributed by atoms with Gasteiger partial charge in [0, 0.05) is 12.5 Å². The number of rotatable bonds is 3. The third-order valence-electron chi connectivity index (χ3n) is 2.18. The first kappa shape index (κ1) is 10.9. The van der Waals surface area contributed by atoms with E-state index in [-0.39, 0.29) is 23.2 Å². The first-order valence-corrected chi connectivity index (χ1v) is 5.06. The zero-order valence-corrected chi connectivity index (χ0v) is 9.03. The summed E-state index contributed by atoms with van der Waals surface area (Å²) in [7, 11) is 0. The summed E-state index contributed by atoms with van der Waals surface area (Å²) in [5.74, 6) is -2.90. The average Bonchev–Trinajstić information content (AvgIpc) is 2.77. The van der Waals surface area contributed by atoms with Crippen molar-refractivity contribution in [3.8, 4) is 5.75 Å². The minimum atomic E-state index is -2.57. The van der Waals surface area contributed by atoms with Crippen LogP contribution in [0.2, 0.25) is 10.2 Å². The summed E-state index contributed by atoms with van der Waals surface area (Å²) >= 11 is 11.3. The molecule has 1 aliphatic rings. The molecule has 0 saturated heterocycles. The van der Waals surface area contributed by atoms with E-state index >= 15 is 0 Å². The molecular weight excluding hydrogens is 247 g/mol. The van der Waals surface area contributed by atoms with Gasteiger partial charge in [0.1, 0.15) is 10.9 Å². The van der Waals surface area contributed by atoms with E-state index in [2.05, 4.69) is 4.98 Å². The molecule has 1 saturated carbocycles. The largest absolute Gasteiger partial charge is 0.491 e. The molecule has 1 heterocycles. The van der Waals surface area contributed by atoms with Crippen LogP contribution in [0.1, 0.15) is 6.42 Å². The highest BCUT2D eigenvalue weighted by Crippen LogP contribution is 2.48. The number of pyridine rings is 1. The maximum atomic E-state index is 12.5. The minimum Gasteiger partial charge on any atom is -0.491 e. The minimum absolute atomic E-state index is 0.0212. The molecule has 1 aliphatic carbocycles. The van der Waals surface area contributed by atoms with Crippen LogP contribution < -0.4 is 4.74 Å². The Balaban J connectivity index is 1.92. The molecule has 0 amide bonds. The topological polar surface area (TPSA) is 22.1 Å². The van der Waals surface area contributed by atoms with E-state index in [1.807, 2.05) is 0 Å². The molecule has 1 fully saturated rings. The van der Waals surface area contributed by atoms with E-state index in [1.165, 1.54) is 12.3 Å². The lowest BCUT2D eigenvalue weighted by molar-refractivity contribution is 0.0855. The summed E-state index contributed by atoms with van der Waals surface area (Å²) in [6.07, 6.45) is 1.25. The molecule has 0 aromatic carbocycles. The molecule has 0 radical (unpaired) electrons. The van der Waals surface area contributed by atoms with Crippen molar-refractivity contribution in [2.75, 3.05) is 6.61 Å². The predicted octanol–water partition coefficient (Wildman–Crippen LogP) is 3.42. The second-order valence-electron chi connectivity index (χ2n) is 3.42. The van der Waals surface area contributed by atoms with Gasteiger partial charge in [-0.15, -0.1) is 0 Å². The SMILES string of the molecule is FC1(F)CC1COc1cnc(Cl)c(Cl)c1. The van der Waals surface area contributed by atoms with Gasteiger partial charge in [-0.1, -0.05) is 23.2 Å². The van der Waals surface area contributed by atoms with Gasteiger partial charge in [0.25, 0.3) is 5.92 Å². The first-order chi connectivity index (χ1) is 6.99. The van der Waals surface area contributed by atoms with Crippen molar-refractivity contribution in [2.24, 2.45) is 5.92 Å². The first-order valence-electron chi connectivity index (χ1n) is 4.31. The van der Waals surface area contributed by atoms with Crippen LogP contribution in [0.25, 0.3) is 0 Å². The fraction of sp³-hybridized carbons (Fsp3) is 0.444. The standard InChI is InChI=1S/C9H7Cl2F2NO/c10-7-1-6(3-14-8(7)11)15-4-5-2-9(5,12)13/h1,3,5H,2,4H2. The summed E-state index contributed by atoms with van der Waals surface area (Å²) in [4.78, 5) is 3.73. The number of aromatic nitrogens is 1. The van der Waals surface area contributed by atoms with Gasteiger partial charge in [0.05, 0.1) is 23.7 Å². The summed E-state index contributed by atoms with van der Waals surface area (Å²) in [6.45, 7) is -0.0212. The van der Waals surface area contributed by atoms with Crippen LogP contribution >= 0.6 is 23.2 Å². The lowest BCUT2D eigenvalue weighted by Crippen LogP contribution is -2.05. The van der Waals surface area contributed by atoms with Crippen molar-refractivity contribution in [3.05, 3.63) is 22.4 Å². The third kappa shape index (κ3) is 2.49. The molecule has 15 heavy (non-hydrogen) atoms. The highest BCUT2D eigenvalue weighted by molar-refractivity contribution is 6.41. The second kappa shape index (κ2) is 3.76. The normalized spacial score (nSPS) is 22.5. The molecule has 2 nitrogen and oxygen atoms in total. The molecule has 82 valence electrons. The Hall–Kier alpha value is -0.610. The number of hydrogen-bond donors (Lipinski definition) is 0. The number of halogens is 4. The molecule has 0 spiro atoms. The Morgan fingerprint density at radius 1 is 1.53 bits per heavy atom. The van der Waals surface area contributed by atoms with Crippen LogP contribution in [0.15, 0.2) is 12.3 Å². The summed E-state index contributed by atoms with van der Waals surface area (Å²) in [5.41, 5.74) is 0. The molecule has 1 unspecified atom stereocenters. The zero-order valence-electron chi connectivity index (χ0n) is 7.51. The molecule has 6 heteroatoms. The summed E-state index contributed by atoms with van der Waals surface area (Å²) in [6, 6.07) is 1.46. The Kier molecular flexibility index (Phi) is 2.73. The molecular formula is C9H7Cl2F2NO. The summed E-state index contributed by atoms with van der Waals surface area (Å²) in [5, 5.41) is 0.414. The Morgan fingerprint density at radius 3 is 2.73 bits per heavy atom. The van der Waals surface area contributed by atoms with Crippen LogP contribution in [0.4, 0.5) is 8.78 Å². The van der Waals surface area contributed by atoms with Gasteiger partial charge in [0.15, 0.2) is 0 Å². The maximum Gasteiger partial charge on any atom is 0.255 e. The Morgan fingerprint density at radius 2 is 2.20 bits per heavy atom. The molecule has 0 bridgehead atoms. The van der Waals surface area contributed by atoms with Crippen molar-refractivity contribution < 1.29 is 13.5 Å². The van der Waals surface area contributed by atoms with Crippen LogP contribution in [0.3, 0.4) is 0 Å². The number of ether oxygens (including phenoxy) is 1. The molecule has 1 aromatic heterocycles. The monoisotopic (exact) mass is 253 g/mol. The van der Waals surface area contributed by atoms with Gasteiger partial charge >= 0.3 is 0 Å². The molecule has 1 atom stereocenters. The fourth-order valence-electron chi connectivity index (χ4n) is 1.13. The average molecular weight is 254 g/mol. The Labute approximate surface area is 95.2 Å². The predicted molar refractivity (Wildman–Crippen MR) is 52.8 cm³/mol. The van der Waals surface area contributed by atoms with Crippen molar-refractivity contribution in [3.63, 3.8) is 0 Å². The van der Waals surface area contributed by atoms with Gasteiger partial charge in [-0.2, -0.15) is 0 Å². The quantitative estimate of drug-likeness (QED) is 0.771. The van der Waals surface area contributed by atoms with Crippen LogP contribution in [0.5, 0.6) is 5.75 Å². The zero-order chi connectivity index (χ0) is 11.1. The van der Waals surface area contributed by atoms with Gasteiger partial charge in [0.2, 0.25) is 0 Å². The van der Waals surface area contributed by atoms with E-state index in [1.54, 1.807) is 0 Å². The van der Waals surface area contributed by atoms with Crippen LogP contribution in [0, 0.1) is 5.92 Å². The van der Waals surface area contributed by atoms with E-state index < -0.39 is 11.8 Å². The lowest BCUT2D eigenvalue weighted by atomic mass is 10.4. The number of alkyl halides is 2. The molecule has 0 N–H and O–H groups in total.